The Hall–Kier alpha value is -1.97. The second-order valence-electron chi connectivity index (χ2n) is 6.45. The number of nitrogens with zero attached hydrogens (tertiary/aromatic N) is 1. The highest BCUT2D eigenvalue weighted by atomic mass is 16.6. The molecule has 4 nitrogen and oxygen atoms in total. The summed E-state index contributed by atoms with van der Waals surface area (Å²) in [5, 5.41) is 0. The molecule has 4 heteroatoms. The molecule has 0 bridgehead atoms. The number of allylic oxidation sites excluding steroid dienone is 1. The molecule has 1 aromatic heterocycles. The maximum atomic E-state index is 12.1. The van der Waals surface area contributed by atoms with Crippen LogP contribution in [0, 0.1) is 11.8 Å². The molecule has 1 N–H and O–H groups in total. The number of carbonyl (C=O) groups is 1. The topological polar surface area (TPSA) is 45.3 Å². The van der Waals surface area contributed by atoms with Crippen LogP contribution in [0.25, 0.3) is 12.2 Å². The van der Waals surface area contributed by atoms with E-state index in [4.69, 9.17) is 4.74 Å². The van der Waals surface area contributed by atoms with E-state index in [0.717, 1.165) is 36.3 Å². The molecular weight excluding hydrogens is 288 g/mol. The van der Waals surface area contributed by atoms with Crippen molar-refractivity contribution in [1.82, 2.24) is 9.88 Å². The van der Waals surface area contributed by atoms with Gasteiger partial charge in [0.15, 0.2) is 0 Å². The van der Waals surface area contributed by atoms with Crippen LogP contribution < -0.4 is 0 Å². The van der Waals surface area contributed by atoms with Gasteiger partial charge in [-0.3, -0.25) is 0 Å². The SMILES string of the molecule is C=Cc1c(CCOC(=O)N2CCC(C(C)C)C2)c[nH]c1/C=C\C. The molecule has 2 heterocycles. The Morgan fingerprint density at radius 3 is 2.96 bits per heavy atom. The van der Waals surface area contributed by atoms with E-state index in [0.29, 0.717) is 24.9 Å². The van der Waals surface area contributed by atoms with Gasteiger partial charge in [-0.15, -0.1) is 0 Å². The quantitative estimate of drug-likeness (QED) is 0.848. The third kappa shape index (κ3) is 4.27. The zero-order valence-electron chi connectivity index (χ0n) is 14.5. The van der Waals surface area contributed by atoms with E-state index in [1.54, 1.807) is 0 Å². The van der Waals surface area contributed by atoms with Crippen LogP contribution in [0.2, 0.25) is 0 Å². The average molecular weight is 316 g/mol. The van der Waals surface area contributed by atoms with E-state index in [1.165, 1.54) is 0 Å². The zero-order valence-corrected chi connectivity index (χ0v) is 14.5. The summed E-state index contributed by atoms with van der Waals surface area (Å²) >= 11 is 0. The number of nitrogens with one attached hydrogen (secondary N) is 1. The summed E-state index contributed by atoms with van der Waals surface area (Å²) in [7, 11) is 0. The van der Waals surface area contributed by atoms with Gasteiger partial charge in [-0.1, -0.05) is 32.6 Å². The summed E-state index contributed by atoms with van der Waals surface area (Å²) < 4.78 is 5.45. The maximum absolute atomic E-state index is 12.1. The van der Waals surface area contributed by atoms with E-state index in [1.807, 2.05) is 36.2 Å². The van der Waals surface area contributed by atoms with E-state index < -0.39 is 0 Å². The summed E-state index contributed by atoms with van der Waals surface area (Å²) in [5.74, 6) is 1.22. The minimum Gasteiger partial charge on any atom is -0.449 e. The summed E-state index contributed by atoms with van der Waals surface area (Å²) in [6.07, 6.45) is 9.41. The Balaban J connectivity index is 1.83. The van der Waals surface area contributed by atoms with E-state index >= 15 is 0 Å². The fourth-order valence-corrected chi connectivity index (χ4v) is 3.08. The second kappa shape index (κ2) is 8.04. The lowest BCUT2D eigenvalue weighted by atomic mass is 9.95. The molecule has 0 spiro atoms. The van der Waals surface area contributed by atoms with Crippen molar-refractivity contribution in [1.29, 1.82) is 0 Å². The minimum atomic E-state index is -0.183. The highest BCUT2D eigenvalue weighted by Gasteiger charge is 2.28. The fourth-order valence-electron chi connectivity index (χ4n) is 3.08. The Kier molecular flexibility index (Phi) is 6.08. The van der Waals surface area contributed by atoms with E-state index in [-0.39, 0.29) is 6.09 Å². The molecule has 0 aromatic carbocycles. The van der Waals surface area contributed by atoms with Crippen molar-refractivity contribution < 1.29 is 9.53 Å². The number of carbonyl (C=O) groups excluding carboxylic acids is 1. The van der Waals surface area contributed by atoms with Crippen molar-refractivity contribution in [3.05, 3.63) is 35.7 Å². The van der Waals surface area contributed by atoms with Crippen molar-refractivity contribution in [2.24, 2.45) is 11.8 Å². The smallest absolute Gasteiger partial charge is 0.409 e. The van der Waals surface area contributed by atoms with Gasteiger partial charge in [-0.2, -0.15) is 0 Å². The van der Waals surface area contributed by atoms with Crippen LogP contribution in [0.1, 0.15) is 44.0 Å². The molecule has 23 heavy (non-hydrogen) atoms. The number of H-pyrrole nitrogens is 1. The first-order valence-electron chi connectivity index (χ1n) is 8.43. The van der Waals surface area contributed by atoms with Gasteiger partial charge >= 0.3 is 6.09 Å². The molecule has 1 saturated heterocycles. The van der Waals surface area contributed by atoms with Gasteiger partial charge in [-0.05, 0) is 36.8 Å². The van der Waals surface area contributed by atoms with Crippen LogP contribution in [0.5, 0.6) is 0 Å². The van der Waals surface area contributed by atoms with Crippen LogP contribution in [-0.4, -0.2) is 35.7 Å². The normalized spacial score (nSPS) is 18.1. The largest absolute Gasteiger partial charge is 0.449 e. The number of aromatic amines is 1. The number of hydrogen-bond acceptors (Lipinski definition) is 2. The van der Waals surface area contributed by atoms with Gasteiger partial charge in [-0.25, -0.2) is 4.79 Å². The number of hydrogen-bond donors (Lipinski definition) is 1. The third-order valence-electron chi connectivity index (χ3n) is 4.60. The van der Waals surface area contributed by atoms with Crippen LogP contribution in [0.15, 0.2) is 18.9 Å². The molecule has 1 amide bonds. The van der Waals surface area contributed by atoms with Crippen molar-refractivity contribution in [3.63, 3.8) is 0 Å². The molecular formula is C19H28N2O2. The number of rotatable bonds is 6. The molecule has 1 unspecified atom stereocenters. The molecule has 126 valence electrons. The number of amides is 1. The van der Waals surface area contributed by atoms with Crippen LogP contribution >= 0.6 is 0 Å². The van der Waals surface area contributed by atoms with Crippen LogP contribution in [0.4, 0.5) is 4.79 Å². The summed E-state index contributed by atoms with van der Waals surface area (Å²) in [6.45, 7) is 12.3. The van der Waals surface area contributed by atoms with Gasteiger partial charge < -0.3 is 14.6 Å². The summed E-state index contributed by atoms with van der Waals surface area (Å²) in [4.78, 5) is 17.2. The van der Waals surface area contributed by atoms with Gasteiger partial charge in [0.2, 0.25) is 0 Å². The van der Waals surface area contributed by atoms with Gasteiger partial charge in [0.25, 0.3) is 0 Å². The predicted molar refractivity (Wildman–Crippen MR) is 95.2 cm³/mol. The lowest BCUT2D eigenvalue weighted by molar-refractivity contribution is 0.109. The molecule has 1 aliphatic heterocycles. The van der Waals surface area contributed by atoms with Crippen molar-refractivity contribution in [3.8, 4) is 0 Å². The second-order valence-corrected chi connectivity index (χ2v) is 6.45. The number of ether oxygens (including phenoxy) is 1. The third-order valence-corrected chi connectivity index (χ3v) is 4.60. The minimum absolute atomic E-state index is 0.183. The van der Waals surface area contributed by atoms with Gasteiger partial charge in [0.05, 0.1) is 6.61 Å². The van der Waals surface area contributed by atoms with E-state index in [9.17, 15) is 4.79 Å². The molecule has 1 aromatic rings. The predicted octanol–water partition coefficient (Wildman–Crippen LogP) is 4.35. The van der Waals surface area contributed by atoms with Crippen molar-refractivity contribution >= 4 is 18.2 Å². The Bertz CT molecular complexity index is 572. The Morgan fingerprint density at radius 1 is 1.57 bits per heavy atom. The van der Waals surface area contributed by atoms with Gasteiger partial charge in [0.1, 0.15) is 0 Å². The number of likely N-dealkylation sites (tertiary alicyclic amines) is 1. The molecule has 1 fully saturated rings. The maximum Gasteiger partial charge on any atom is 0.409 e. The van der Waals surface area contributed by atoms with Gasteiger partial charge in [0, 0.05) is 37.0 Å². The molecule has 1 atom stereocenters. The lowest BCUT2D eigenvalue weighted by Gasteiger charge is -2.17. The zero-order chi connectivity index (χ0) is 16.8. The highest BCUT2D eigenvalue weighted by molar-refractivity contribution is 5.68. The van der Waals surface area contributed by atoms with Crippen LogP contribution in [0.3, 0.4) is 0 Å². The molecule has 0 aliphatic carbocycles. The number of aromatic nitrogens is 1. The molecule has 0 saturated carbocycles. The fraction of sp³-hybridized carbons (Fsp3) is 0.526. The first-order valence-corrected chi connectivity index (χ1v) is 8.43. The molecule has 1 aliphatic rings. The first-order chi connectivity index (χ1) is 11.1. The summed E-state index contributed by atoms with van der Waals surface area (Å²) in [5.41, 5.74) is 3.26. The standard InChI is InChI=1S/C19H28N2O2/c1-5-7-18-17(6-2)15(12-20-18)9-11-23-19(22)21-10-8-16(13-21)14(3)4/h5-7,12,14,16,20H,2,8-11,13H2,1,3-4H3/b7-5-. The van der Waals surface area contributed by atoms with Crippen LogP contribution in [-0.2, 0) is 11.2 Å². The highest BCUT2D eigenvalue weighted by Crippen LogP contribution is 2.24. The Morgan fingerprint density at radius 2 is 2.35 bits per heavy atom. The average Bonchev–Trinajstić information content (AvgIpc) is 3.15. The summed E-state index contributed by atoms with van der Waals surface area (Å²) in [6, 6.07) is 0. The lowest BCUT2D eigenvalue weighted by Crippen LogP contribution is -2.30. The van der Waals surface area contributed by atoms with Crippen molar-refractivity contribution in [2.75, 3.05) is 19.7 Å². The van der Waals surface area contributed by atoms with Crippen molar-refractivity contribution in [2.45, 2.75) is 33.6 Å². The molecule has 2 rings (SSSR count). The first kappa shape index (κ1) is 17.4. The molecule has 0 radical (unpaired) electrons. The Labute approximate surface area is 139 Å². The monoisotopic (exact) mass is 316 g/mol. The van der Waals surface area contributed by atoms with E-state index in [2.05, 4.69) is 25.4 Å².